The number of carbonyl (C=O) groups is 2. The van der Waals surface area contributed by atoms with Crippen molar-refractivity contribution < 1.29 is 19.1 Å². The van der Waals surface area contributed by atoms with E-state index >= 15 is 0 Å². The van der Waals surface area contributed by atoms with Crippen molar-refractivity contribution in [3.63, 3.8) is 0 Å². The number of rotatable bonds is 3. The largest absolute Gasteiger partial charge is 0.452 e. The third-order valence-corrected chi connectivity index (χ3v) is 5.20. The van der Waals surface area contributed by atoms with Crippen molar-refractivity contribution in [1.29, 1.82) is 0 Å². The number of hydrogen-bond acceptors (Lipinski definition) is 5. The molecule has 0 spiro atoms. The summed E-state index contributed by atoms with van der Waals surface area (Å²) in [5.41, 5.74) is 3.20. The summed E-state index contributed by atoms with van der Waals surface area (Å²) in [6.45, 7) is 3.78. The number of Topliss-reactive ketones (excluding diaryl/α,β-unsaturated/α-hetero) is 1. The summed E-state index contributed by atoms with van der Waals surface area (Å²) in [6, 6.07) is 14.5. The molecule has 0 bridgehead atoms. The van der Waals surface area contributed by atoms with E-state index in [9.17, 15) is 9.59 Å². The Morgan fingerprint density at radius 1 is 1.07 bits per heavy atom. The molecule has 0 N–H and O–H groups in total. The predicted octanol–water partition coefficient (Wildman–Crippen LogP) is 5.20. The van der Waals surface area contributed by atoms with Crippen LogP contribution in [0.5, 0.6) is 11.5 Å². The number of aryl methyl sites for hydroxylation is 2. The maximum Gasteiger partial charge on any atom is 0.353 e. The van der Waals surface area contributed by atoms with Gasteiger partial charge < -0.3 is 9.47 Å². The van der Waals surface area contributed by atoms with Crippen LogP contribution in [-0.2, 0) is 0 Å². The molecule has 4 nitrogen and oxygen atoms in total. The lowest BCUT2D eigenvalue weighted by Crippen LogP contribution is -2.06. The Balaban J connectivity index is 1.64. The highest BCUT2D eigenvalue weighted by atomic mass is 32.1. The van der Waals surface area contributed by atoms with Gasteiger partial charge in [0, 0.05) is 6.07 Å². The van der Waals surface area contributed by atoms with E-state index in [4.69, 9.17) is 9.47 Å². The lowest BCUT2D eigenvalue weighted by molar-refractivity contribution is 0.0739. The molecule has 0 aliphatic carbocycles. The van der Waals surface area contributed by atoms with Crippen molar-refractivity contribution in [2.75, 3.05) is 0 Å². The van der Waals surface area contributed by atoms with E-state index in [0.29, 0.717) is 27.5 Å². The summed E-state index contributed by atoms with van der Waals surface area (Å²) in [5, 5.41) is 1.81. The Bertz CT molecular complexity index is 1080. The highest BCUT2D eigenvalue weighted by molar-refractivity contribution is 7.12. The zero-order valence-corrected chi connectivity index (χ0v) is 15.6. The number of ether oxygens (including phenoxy) is 2. The topological polar surface area (TPSA) is 52.6 Å². The molecule has 0 saturated heterocycles. The Kier molecular flexibility index (Phi) is 4.38. The number of benzene rings is 2. The minimum absolute atomic E-state index is 0.165. The number of fused-ring (bicyclic) bond motifs is 1. The average Bonchev–Trinajstić information content (AvgIpc) is 3.26. The minimum Gasteiger partial charge on any atom is -0.452 e. The fourth-order valence-electron chi connectivity index (χ4n) is 2.98. The van der Waals surface area contributed by atoms with Gasteiger partial charge in [-0.2, -0.15) is 0 Å². The zero-order valence-electron chi connectivity index (χ0n) is 14.8. The summed E-state index contributed by atoms with van der Waals surface area (Å²) in [6.07, 6.45) is 1.74. The van der Waals surface area contributed by atoms with Crippen LogP contribution in [0.4, 0.5) is 0 Å². The third kappa shape index (κ3) is 3.29. The number of ketones is 1. The van der Waals surface area contributed by atoms with Crippen LogP contribution < -0.4 is 9.47 Å². The highest BCUT2D eigenvalue weighted by Crippen LogP contribution is 2.38. The number of esters is 1. The molecule has 0 fully saturated rings. The van der Waals surface area contributed by atoms with Crippen LogP contribution >= 0.6 is 11.3 Å². The van der Waals surface area contributed by atoms with E-state index in [1.807, 2.05) is 36.6 Å². The molecule has 4 rings (SSSR count). The van der Waals surface area contributed by atoms with Crippen LogP contribution in [0.2, 0.25) is 0 Å². The van der Waals surface area contributed by atoms with Gasteiger partial charge in [-0.1, -0.05) is 30.3 Å². The van der Waals surface area contributed by atoms with E-state index in [1.54, 1.807) is 37.3 Å². The molecular weight excluding hydrogens is 360 g/mol. The fraction of sp³-hybridized carbons (Fsp3) is 0.0909. The molecular formula is C22H16O4S. The van der Waals surface area contributed by atoms with Gasteiger partial charge in [0.15, 0.2) is 5.76 Å². The van der Waals surface area contributed by atoms with Crippen molar-refractivity contribution in [3.05, 3.63) is 86.8 Å². The molecule has 2 heterocycles. The molecule has 134 valence electrons. The summed E-state index contributed by atoms with van der Waals surface area (Å²) in [7, 11) is 0. The molecule has 1 aliphatic rings. The van der Waals surface area contributed by atoms with Gasteiger partial charge in [0.2, 0.25) is 5.78 Å². The Labute approximate surface area is 160 Å². The van der Waals surface area contributed by atoms with Gasteiger partial charge in [-0.15, -0.1) is 11.3 Å². The van der Waals surface area contributed by atoms with Crippen LogP contribution in [0.3, 0.4) is 0 Å². The molecule has 0 saturated carbocycles. The van der Waals surface area contributed by atoms with Gasteiger partial charge in [0.05, 0.1) is 5.56 Å². The van der Waals surface area contributed by atoms with E-state index in [0.717, 1.165) is 11.1 Å². The first kappa shape index (κ1) is 17.2. The van der Waals surface area contributed by atoms with E-state index in [1.165, 1.54) is 11.3 Å². The summed E-state index contributed by atoms with van der Waals surface area (Å²) < 4.78 is 11.2. The fourth-order valence-corrected chi connectivity index (χ4v) is 3.58. The molecule has 1 aliphatic heterocycles. The maximum atomic E-state index is 12.8. The zero-order chi connectivity index (χ0) is 19.0. The smallest absolute Gasteiger partial charge is 0.353 e. The van der Waals surface area contributed by atoms with E-state index in [-0.39, 0.29) is 11.5 Å². The van der Waals surface area contributed by atoms with Crippen molar-refractivity contribution >= 4 is 29.2 Å². The summed E-state index contributed by atoms with van der Waals surface area (Å²) in [5.74, 6) is 0.443. The Morgan fingerprint density at radius 2 is 1.89 bits per heavy atom. The summed E-state index contributed by atoms with van der Waals surface area (Å²) >= 11 is 1.31. The predicted molar refractivity (Wildman–Crippen MR) is 105 cm³/mol. The van der Waals surface area contributed by atoms with Crippen LogP contribution in [0.25, 0.3) is 6.08 Å². The van der Waals surface area contributed by atoms with Gasteiger partial charge >= 0.3 is 5.97 Å². The minimum atomic E-state index is -0.427. The standard InChI is InChI=1S/C22H16O4S/c1-13-6-3-4-7-15(13)11-18-21(23)20-14(2)10-16(12-17(20)26-18)25-22(24)19-8-5-9-27-19/h3-12H,1-2H3/b18-11-. The third-order valence-electron chi connectivity index (χ3n) is 4.35. The van der Waals surface area contributed by atoms with Crippen LogP contribution in [0, 0.1) is 13.8 Å². The molecule has 0 amide bonds. The van der Waals surface area contributed by atoms with Crippen molar-refractivity contribution in [2.24, 2.45) is 0 Å². The first-order valence-electron chi connectivity index (χ1n) is 8.43. The van der Waals surface area contributed by atoms with Crippen LogP contribution in [-0.4, -0.2) is 11.8 Å². The second kappa shape index (κ2) is 6.85. The SMILES string of the molecule is Cc1ccccc1/C=C1\Oc2cc(OC(=O)c3cccs3)cc(C)c2C1=O. The molecule has 0 radical (unpaired) electrons. The van der Waals surface area contributed by atoms with Crippen LogP contribution in [0.1, 0.15) is 36.7 Å². The van der Waals surface area contributed by atoms with Gasteiger partial charge in [-0.3, -0.25) is 4.79 Å². The normalized spacial score (nSPS) is 14.1. The average molecular weight is 376 g/mol. The molecule has 27 heavy (non-hydrogen) atoms. The van der Waals surface area contributed by atoms with Gasteiger partial charge in [-0.25, -0.2) is 4.79 Å². The van der Waals surface area contributed by atoms with E-state index in [2.05, 4.69) is 0 Å². The van der Waals surface area contributed by atoms with Gasteiger partial charge in [0.1, 0.15) is 16.4 Å². The Hall–Kier alpha value is -3.18. The first-order chi connectivity index (χ1) is 13.0. The quantitative estimate of drug-likeness (QED) is 0.358. The molecule has 5 heteroatoms. The van der Waals surface area contributed by atoms with E-state index < -0.39 is 5.97 Å². The molecule has 1 aromatic heterocycles. The summed E-state index contributed by atoms with van der Waals surface area (Å²) in [4.78, 5) is 25.4. The number of hydrogen-bond donors (Lipinski definition) is 0. The monoisotopic (exact) mass is 376 g/mol. The number of carbonyl (C=O) groups excluding carboxylic acids is 2. The lowest BCUT2D eigenvalue weighted by atomic mass is 10.0. The first-order valence-corrected chi connectivity index (χ1v) is 9.31. The van der Waals surface area contributed by atoms with Gasteiger partial charge in [0.25, 0.3) is 0 Å². The Morgan fingerprint density at radius 3 is 2.63 bits per heavy atom. The van der Waals surface area contributed by atoms with Gasteiger partial charge in [-0.05, 0) is 54.1 Å². The molecule has 0 atom stereocenters. The van der Waals surface area contributed by atoms with Crippen LogP contribution in [0.15, 0.2) is 59.7 Å². The maximum absolute atomic E-state index is 12.8. The highest BCUT2D eigenvalue weighted by Gasteiger charge is 2.30. The second-order valence-electron chi connectivity index (χ2n) is 6.28. The number of allylic oxidation sites excluding steroid dienone is 1. The van der Waals surface area contributed by atoms with Crippen molar-refractivity contribution in [2.45, 2.75) is 13.8 Å². The van der Waals surface area contributed by atoms with Crippen molar-refractivity contribution in [1.82, 2.24) is 0 Å². The lowest BCUT2D eigenvalue weighted by Gasteiger charge is -2.06. The number of thiophene rings is 1. The van der Waals surface area contributed by atoms with Crippen molar-refractivity contribution in [3.8, 4) is 11.5 Å². The molecule has 0 unspecified atom stereocenters. The molecule has 3 aromatic rings. The molecule has 2 aromatic carbocycles. The second-order valence-corrected chi connectivity index (χ2v) is 7.22.